The van der Waals surface area contributed by atoms with E-state index in [4.69, 9.17) is 11.6 Å². The number of nitrogens with zero attached hydrogens (tertiary/aromatic N) is 3. The molecule has 0 saturated carbocycles. The van der Waals surface area contributed by atoms with Gasteiger partial charge < -0.3 is 20.7 Å². The SMILES string of the molecule is O=C1NCCC1n1cc(Nc2cc(-c3c(F)cccc3Cl)nc3c[nH]c(O)c23)cn1. The zero-order chi connectivity index (χ0) is 20.8. The Morgan fingerprint density at radius 1 is 1.37 bits per heavy atom. The van der Waals surface area contributed by atoms with Crippen LogP contribution in [0.5, 0.6) is 5.88 Å². The van der Waals surface area contributed by atoms with Gasteiger partial charge in [-0.25, -0.2) is 9.37 Å². The van der Waals surface area contributed by atoms with E-state index in [9.17, 15) is 14.3 Å². The van der Waals surface area contributed by atoms with Crippen molar-refractivity contribution in [3.8, 4) is 17.1 Å². The standard InChI is InChI=1S/C20H16ClFN6O2/c21-11-2-1-3-12(22)17(11)13-6-14(18-15(27-13)8-24-20(18)30)26-10-7-25-28(9-10)16-4-5-23-19(16)29/h1-3,6-9,16,24,26,30H,4-5H2,(H,23,29). The molecule has 1 saturated heterocycles. The Labute approximate surface area is 174 Å². The van der Waals surface area contributed by atoms with E-state index in [1.807, 2.05) is 0 Å². The average Bonchev–Trinajstić information content (AvgIpc) is 3.42. The molecule has 3 aromatic heterocycles. The molecule has 4 aromatic rings. The second-order valence-electron chi connectivity index (χ2n) is 6.98. The number of amides is 1. The fraction of sp³-hybridized carbons (Fsp3) is 0.150. The highest BCUT2D eigenvalue weighted by Crippen LogP contribution is 2.38. The molecule has 5 rings (SSSR count). The van der Waals surface area contributed by atoms with Gasteiger partial charge in [-0.3, -0.25) is 9.48 Å². The molecule has 4 N–H and O–H groups in total. The number of fused-ring (bicyclic) bond motifs is 1. The van der Waals surface area contributed by atoms with E-state index in [0.29, 0.717) is 40.9 Å². The Hall–Kier alpha value is -3.59. The molecule has 0 aliphatic carbocycles. The first kappa shape index (κ1) is 18.4. The second-order valence-corrected chi connectivity index (χ2v) is 7.39. The lowest BCUT2D eigenvalue weighted by Crippen LogP contribution is -2.22. The van der Waals surface area contributed by atoms with Crippen molar-refractivity contribution in [2.75, 3.05) is 11.9 Å². The smallest absolute Gasteiger partial charge is 0.244 e. The molecule has 1 fully saturated rings. The predicted octanol–water partition coefficient (Wildman–Crippen LogP) is 3.73. The molecule has 10 heteroatoms. The Bertz CT molecular complexity index is 1260. The van der Waals surface area contributed by atoms with Gasteiger partial charge in [0, 0.05) is 18.9 Å². The lowest BCUT2D eigenvalue weighted by atomic mass is 10.1. The van der Waals surface area contributed by atoms with Crippen LogP contribution in [0.15, 0.2) is 42.9 Å². The minimum Gasteiger partial charge on any atom is -0.494 e. The highest BCUT2D eigenvalue weighted by atomic mass is 35.5. The monoisotopic (exact) mass is 426 g/mol. The van der Waals surface area contributed by atoms with Gasteiger partial charge in [0.1, 0.15) is 11.9 Å². The first-order valence-electron chi connectivity index (χ1n) is 9.25. The number of benzene rings is 1. The highest BCUT2D eigenvalue weighted by molar-refractivity contribution is 6.33. The summed E-state index contributed by atoms with van der Waals surface area (Å²) in [7, 11) is 0. The zero-order valence-electron chi connectivity index (χ0n) is 15.5. The number of aromatic amines is 1. The molecule has 0 bridgehead atoms. The van der Waals surface area contributed by atoms with Crippen molar-refractivity contribution >= 4 is 39.8 Å². The summed E-state index contributed by atoms with van der Waals surface area (Å²) >= 11 is 6.21. The molecule has 1 aliphatic heterocycles. The van der Waals surface area contributed by atoms with Gasteiger partial charge in [-0.2, -0.15) is 5.10 Å². The van der Waals surface area contributed by atoms with Gasteiger partial charge in [0.25, 0.3) is 0 Å². The van der Waals surface area contributed by atoms with Crippen LogP contribution < -0.4 is 10.6 Å². The summed E-state index contributed by atoms with van der Waals surface area (Å²) in [6.45, 7) is 0.612. The molecule has 1 aliphatic rings. The lowest BCUT2D eigenvalue weighted by Gasteiger charge is -2.11. The van der Waals surface area contributed by atoms with E-state index < -0.39 is 5.82 Å². The number of hydrogen-bond donors (Lipinski definition) is 4. The number of halogens is 2. The van der Waals surface area contributed by atoms with Crippen LogP contribution in [0.2, 0.25) is 5.02 Å². The van der Waals surface area contributed by atoms with Gasteiger partial charge in [0.15, 0.2) is 5.88 Å². The first-order valence-corrected chi connectivity index (χ1v) is 9.63. The summed E-state index contributed by atoms with van der Waals surface area (Å²) in [5, 5.41) is 21.1. The molecule has 152 valence electrons. The molecule has 4 heterocycles. The topological polar surface area (TPSA) is 108 Å². The van der Waals surface area contributed by atoms with E-state index in [0.717, 1.165) is 0 Å². The van der Waals surface area contributed by atoms with Crippen LogP contribution in [0.4, 0.5) is 15.8 Å². The van der Waals surface area contributed by atoms with E-state index in [1.165, 1.54) is 18.3 Å². The number of aromatic hydroxyl groups is 1. The van der Waals surface area contributed by atoms with Gasteiger partial charge in [0.2, 0.25) is 5.91 Å². The largest absolute Gasteiger partial charge is 0.494 e. The van der Waals surface area contributed by atoms with Crippen LogP contribution in [0.25, 0.3) is 22.2 Å². The molecular weight excluding hydrogens is 411 g/mol. The van der Waals surface area contributed by atoms with Crippen molar-refractivity contribution in [2.45, 2.75) is 12.5 Å². The van der Waals surface area contributed by atoms with Crippen molar-refractivity contribution < 1.29 is 14.3 Å². The van der Waals surface area contributed by atoms with Gasteiger partial charge in [-0.1, -0.05) is 17.7 Å². The zero-order valence-corrected chi connectivity index (χ0v) is 16.2. The van der Waals surface area contributed by atoms with Gasteiger partial charge in [-0.05, 0) is 24.6 Å². The Morgan fingerprint density at radius 3 is 3.00 bits per heavy atom. The number of carbonyl (C=O) groups is 1. The van der Waals surface area contributed by atoms with E-state index in [2.05, 4.69) is 25.7 Å². The van der Waals surface area contributed by atoms with Gasteiger partial charge in [0.05, 0.1) is 44.8 Å². The minimum atomic E-state index is -0.500. The summed E-state index contributed by atoms with van der Waals surface area (Å²) in [5.74, 6) is -0.649. The minimum absolute atomic E-state index is 0.0734. The average molecular weight is 427 g/mol. The summed E-state index contributed by atoms with van der Waals surface area (Å²) in [6.07, 6.45) is 5.48. The normalized spacial score (nSPS) is 16.2. The van der Waals surface area contributed by atoms with Crippen molar-refractivity contribution in [2.24, 2.45) is 0 Å². The third-order valence-corrected chi connectivity index (χ3v) is 5.38. The highest BCUT2D eigenvalue weighted by Gasteiger charge is 2.26. The van der Waals surface area contributed by atoms with E-state index >= 15 is 0 Å². The maximum absolute atomic E-state index is 14.5. The maximum atomic E-state index is 14.5. The summed E-state index contributed by atoms with van der Waals surface area (Å²) < 4.78 is 16.1. The summed E-state index contributed by atoms with van der Waals surface area (Å²) in [4.78, 5) is 19.1. The molecule has 0 radical (unpaired) electrons. The third kappa shape index (κ3) is 3.03. The van der Waals surface area contributed by atoms with Gasteiger partial charge >= 0.3 is 0 Å². The van der Waals surface area contributed by atoms with Crippen LogP contribution in [0.3, 0.4) is 0 Å². The molecule has 1 amide bonds. The van der Waals surface area contributed by atoms with Crippen LogP contribution in [0, 0.1) is 5.82 Å². The molecule has 1 unspecified atom stereocenters. The number of nitrogens with one attached hydrogen (secondary N) is 3. The van der Waals surface area contributed by atoms with Crippen LogP contribution in [-0.4, -0.2) is 37.3 Å². The fourth-order valence-electron chi connectivity index (χ4n) is 3.66. The lowest BCUT2D eigenvalue weighted by molar-refractivity contribution is -0.122. The van der Waals surface area contributed by atoms with Crippen molar-refractivity contribution in [1.82, 2.24) is 25.1 Å². The van der Waals surface area contributed by atoms with Crippen molar-refractivity contribution in [1.29, 1.82) is 0 Å². The number of pyridine rings is 1. The summed E-state index contributed by atoms with van der Waals surface area (Å²) in [6, 6.07) is 5.68. The third-order valence-electron chi connectivity index (χ3n) is 5.07. The maximum Gasteiger partial charge on any atom is 0.244 e. The Kier molecular flexibility index (Phi) is 4.32. The summed E-state index contributed by atoms with van der Waals surface area (Å²) in [5.41, 5.74) is 2.02. The molecule has 8 nitrogen and oxygen atoms in total. The Morgan fingerprint density at radius 2 is 2.23 bits per heavy atom. The predicted molar refractivity (Wildman–Crippen MR) is 110 cm³/mol. The quantitative estimate of drug-likeness (QED) is 0.397. The van der Waals surface area contributed by atoms with E-state index in [-0.39, 0.29) is 28.4 Å². The number of hydrogen-bond acceptors (Lipinski definition) is 5. The second kappa shape index (κ2) is 7.03. The fourth-order valence-corrected chi connectivity index (χ4v) is 3.92. The molecule has 1 aromatic carbocycles. The molecule has 30 heavy (non-hydrogen) atoms. The number of aromatic nitrogens is 4. The first-order chi connectivity index (χ1) is 14.5. The van der Waals surface area contributed by atoms with Crippen molar-refractivity contribution in [3.63, 3.8) is 0 Å². The van der Waals surface area contributed by atoms with Crippen LogP contribution in [-0.2, 0) is 4.79 Å². The molecule has 0 spiro atoms. The van der Waals surface area contributed by atoms with Crippen LogP contribution in [0.1, 0.15) is 12.5 Å². The molecular formula is C20H16ClFN6O2. The van der Waals surface area contributed by atoms with Gasteiger partial charge in [-0.15, -0.1) is 0 Å². The van der Waals surface area contributed by atoms with E-state index in [1.54, 1.807) is 29.2 Å². The molecule has 1 atom stereocenters. The van der Waals surface area contributed by atoms with Crippen LogP contribution >= 0.6 is 11.6 Å². The number of H-pyrrole nitrogens is 1. The van der Waals surface area contributed by atoms with Crippen molar-refractivity contribution in [3.05, 3.63) is 53.7 Å². The number of anilines is 2. The number of carbonyl (C=O) groups excluding carboxylic acids is 1. The Balaban J connectivity index is 1.58. The number of rotatable bonds is 4.